The normalized spacial score (nSPS) is 19.2. The summed E-state index contributed by atoms with van der Waals surface area (Å²) in [4.78, 5) is 43.9. The van der Waals surface area contributed by atoms with Crippen molar-refractivity contribution in [3.63, 3.8) is 0 Å². The highest BCUT2D eigenvalue weighted by Crippen LogP contribution is 2.39. The number of H-pyrrole nitrogens is 2. The summed E-state index contributed by atoms with van der Waals surface area (Å²) in [6.45, 7) is 22.9. The average molecular weight is 1200 g/mol. The van der Waals surface area contributed by atoms with E-state index in [2.05, 4.69) is 140 Å². The summed E-state index contributed by atoms with van der Waals surface area (Å²) in [5, 5.41) is 4.20. The van der Waals surface area contributed by atoms with Crippen LogP contribution in [-0.2, 0) is 53.5 Å². The Morgan fingerprint density at radius 3 is 1.60 bits per heavy atom. The number of aromatic amines is 2. The number of halogens is 1. The molecular formula is C60H68BClN12O8S2. The molecule has 0 amide bonds. The van der Waals surface area contributed by atoms with Gasteiger partial charge in [-0.2, -0.15) is 4.98 Å². The van der Waals surface area contributed by atoms with Crippen molar-refractivity contribution in [3.05, 3.63) is 101 Å². The number of furan rings is 2. The summed E-state index contributed by atoms with van der Waals surface area (Å²) in [7, 11) is -1.67. The van der Waals surface area contributed by atoms with E-state index in [0.717, 1.165) is 161 Å². The molecule has 0 atom stereocenters. The lowest BCUT2D eigenvalue weighted by Gasteiger charge is -2.32. The number of pyridine rings is 2. The summed E-state index contributed by atoms with van der Waals surface area (Å²) in [6, 6.07) is 20.9. The predicted molar refractivity (Wildman–Crippen MR) is 332 cm³/mol. The number of hydrogen-bond acceptors (Lipinski definition) is 18. The molecule has 20 nitrogen and oxygen atoms in total. The highest BCUT2D eigenvalue weighted by molar-refractivity contribution is 7.85. The molecule has 24 heteroatoms. The third-order valence-electron chi connectivity index (χ3n) is 16.7. The molecule has 15 rings (SSSR count). The van der Waals surface area contributed by atoms with Gasteiger partial charge < -0.3 is 47.4 Å². The molecule has 13 heterocycles. The molecule has 0 unspecified atom stereocenters. The molecule has 0 aliphatic carbocycles. The minimum absolute atomic E-state index is 0.195. The van der Waals surface area contributed by atoms with E-state index in [1.165, 1.54) is 5.39 Å². The maximum atomic E-state index is 11.8. The Balaban J connectivity index is 0.000000124. The van der Waals surface area contributed by atoms with Crippen LogP contribution in [-0.4, -0.2) is 178 Å². The molecule has 0 saturated carbocycles. The van der Waals surface area contributed by atoms with Crippen molar-refractivity contribution in [2.45, 2.75) is 65.8 Å². The zero-order chi connectivity index (χ0) is 57.9. The molecular weight excluding hydrogens is 1130 g/mol. The van der Waals surface area contributed by atoms with Gasteiger partial charge in [0.1, 0.15) is 11.0 Å². The van der Waals surface area contributed by atoms with Gasteiger partial charge in [0.25, 0.3) is 0 Å². The quantitative estimate of drug-likeness (QED) is 0.108. The van der Waals surface area contributed by atoms with E-state index >= 15 is 0 Å². The second kappa shape index (κ2) is 23.5. The van der Waals surface area contributed by atoms with Crippen molar-refractivity contribution in [3.8, 4) is 11.4 Å². The van der Waals surface area contributed by atoms with Gasteiger partial charge in [-0.1, -0.05) is 24.3 Å². The Kier molecular flexibility index (Phi) is 15.8. The number of nitrogens with zero attached hydrogens (tertiary/aromatic N) is 10. The van der Waals surface area contributed by atoms with Gasteiger partial charge in [0.05, 0.1) is 48.4 Å². The van der Waals surface area contributed by atoms with Crippen LogP contribution in [0.4, 0.5) is 11.6 Å². The largest absolute Gasteiger partial charge is 0.495 e. The smallest absolute Gasteiger partial charge is 0.432 e. The van der Waals surface area contributed by atoms with Crippen molar-refractivity contribution in [1.82, 2.24) is 49.7 Å². The number of morpholine rings is 2. The minimum Gasteiger partial charge on any atom is -0.432 e. The first kappa shape index (κ1) is 56.7. The average Bonchev–Trinajstić information content (AvgIpc) is 3.53. The van der Waals surface area contributed by atoms with Crippen LogP contribution in [0, 0.1) is 13.8 Å². The summed E-state index contributed by atoms with van der Waals surface area (Å²) >= 11 is 6.23. The molecule has 5 fully saturated rings. The maximum absolute atomic E-state index is 11.8. The Morgan fingerprint density at radius 1 is 0.583 bits per heavy atom. The van der Waals surface area contributed by atoms with Crippen molar-refractivity contribution in [1.29, 1.82) is 0 Å². The van der Waals surface area contributed by atoms with E-state index in [4.69, 9.17) is 49.2 Å². The summed E-state index contributed by atoms with van der Waals surface area (Å²) in [5.74, 6) is 5.07. The van der Waals surface area contributed by atoms with E-state index in [-0.39, 0.29) is 23.6 Å². The molecule has 8 aromatic heterocycles. The van der Waals surface area contributed by atoms with Crippen LogP contribution in [0.3, 0.4) is 0 Å². The van der Waals surface area contributed by atoms with Crippen LogP contribution in [0.2, 0.25) is 5.28 Å². The SMILES string of the molecule is Cc1cc2c(-c3nc(N4CCOCC4)c4oc5ncc(CN6CCS(=O)CC6)cc5c4n3)cccc2[nH]1.Cc1cc2c(B3OC(C)(C)C(C)(C)O3)cccc2[nH]1.O=S1CCN(Cc2cnc3oc4c(N5CCOCC5)nc(Cl)nc4c3c2)CC1. The fourth-order valence-corrected chi connectivity index (χ4v) is 14.0. The summed E-state index contributed by atoms with van der Waals surface area (Å²) < 4.78 is 59.0. The Bertz CT molecular complexity index is 4100. The second-order valence-electron chi connectivity index (χ2n) is 23.2. The molecule has 5 aliphatic heterocycles. The van der Waals surface area contributed by atoms with Crippen LogP contribution >= 0.6 is 11.6 Å². The fraction of sp³-hybridized carbons (Fsp3) is 0.433. The van der Waals surface area contributed by atoms with Crippen LogP contribution in [0.1, 0.15) is 50.2 Å². The van der Waals surface area contributed by atoms with Crippen molar-refractivity contribution in [2.75, 3.05) is 112 Å². The number of anilines is 2. The Labute approximate surface area is 496 Å². The number of rotatable bonds is 8. The fourth-order valence-electron chi connectivity index (χ4n) is 11.5. The van der Waals surface area contributed by atoms with Gasteiger partial charge in [-0.15, -0.1) is 0 Å². The standard InChI is InChI=1S/C27H28N6O3S.C18H20ClN5O3S.C15H20BNO2/c1-17-13-20-19(3-2-4-22(20)29-17)25-30-23-21-14-18(16-32-7-11-37(34)12-8-32)15-28-27(21)36-24(23)26(31-25)33-5-9-35-10-6-33;19-18-21-14-13-9-12(11-23-3-7-28(25)8-4-23)10-20-17(13)27-15(14)16(22-18)24-1-5-26-6-2-24;1-10-9-11-12(7-6-8-13(11)17-10)16-18-14(2,3)15(4,5)19-16/h2-4,13-15,29H,5-12,16H2,1H3;9-10H,1-8,11H2;6-9,17H,1-5H3. The predicted octanol–water partition coefficient (Wildman–Crippen LogP) is 8.23. The highest BCUT2D eigenvalue weighted by atomic mass is 35.5. The number of aromatic nitrogens is 8. The lowest BCUT2D eigenvalue weighted by atomic mass is 9.77. The summed E-state index contributed by atoms with van der Waals surface area (Å²) in [5.41, 5.74) is 11.9. The van der Waals surface area contributed by atoms with Crippen molar-refractivity contribution in [2.24, 2.45) is 0 Å². The molecule has 0 spiro atoms. The third kappa shape index (κ3) is 11.6. The van der Waals surface area contributed by atoms with Gasteiger partial charge in [-0.3, -0.25) is 18.2 Å². The van der Waals surface area contributed by atoms with Crippen LogP contribution in [0.5, 0.6) is 0 Å². The first-order valence-corrected chi connectivity index (χ1v) is 32.1. The summed E-state index contributed by atoms with van der Waals surface area (Å²) in [6.07, 6.45) is 3.71. The van der Waals surface area contributed by atoms with Gasteiger partial charge in [0.2, 0.25) is 16.7 Å². The first-order chi connectivity index (χ1) is 40.6. The number of hydrogen-bond donors (Lipinski definition) is 2. The van der Waals surface area contributed by atoms with Gasteiger partial charge in [0.15, 0.2) is 28.6 Å². The number of aryl methyl sites for hydroxylation is 2. The monoisotopic (exact) mass is 1190 g/mol. The van der Waals surface area contributed by atoms with E-state index in [0.29, 0.717) is 66.2 Å². The maximum Gasteiger partial charge on any atom is 0.495 e. The van der Waals surface area contributed by atoms with Gasteiger partial charge in [-0.25, -0.2) is 24.9 Å². The minimum atomic E-state index is -0.693. The Hall–Kier alpha value is -6.41. The molecule has 84 heavy (non-hydrogen) atoms. The zero-order valence-electron chi connectivity index (χ0n) is 48.2. The molecule has 10 aromatic rings. The molecule has 438 valence electrons. The van der Waals surface area contributed by atoms with Crippen LogP contribution in [0.25, 0.3) is 77.6 Å². The van der Waals surface area contributed by atoms with E-state index in [9.17, 15) is 8.42 Å². The van der Waals surface area contributed by atoms with Crippen LogP contribution in [0.15, 0.2) is 81.9 Å². The molecule has 0 radical (unpaired) electrons. The lowest BCUT2D eigenvalue weighted by molar-refractivity contribution is 0.00578. The molecule has 5 aliphatic rings. The zero-order valence-corrected chi connectivity index (χ0v) is 50.6. The number of benzene rings is 2. The topological polar surface area (TPSA) is 219 Å². The van der Waals surface area contributed by atoms with Crippen LogP contribution < -0.4 is 15.3 Å². The Morgan fingerprint density at radius 2 is 1.06 bits per heavy atom. The number of ether oxygens (including phenoxy) is 2. The van der Waals surface area contributed by atoms with E-state index in [1.54, 1.807) is 0 Å². The number of fused-ring (bicyclic) bond motifs is 8. The van der Waals surface area contributed by atoms with E-state index in [1.807, 2.05) is 24.5 Å². The molecule has 2 aromatic carbocycles. The molecule has 5 saturated heterocycles. The van der Waals surface area contributed by atoms with Crippen molar-refractivity contribution < 1.29 is 36.0 Å². The van der Waals surface area contributed by atoms with Gasteiger partial charge >= 0.3 is 7.12 Å². The second-order valence-corrected chi connectivity index (χ2v) is 26.9. The van der Waals surface area contributed by atoms with Gasteiger partial charge in [0, 0.05) is 156 Å². The van der Waals surface area contributed by atoms with E-state index < -0.39 is 21.6 Å². The third-order valence-corrected chi connectivity index (χ3v) is 19.5. The highest BCUT2D eigenvalue weighted by Gasteiger charge is 2.52. The first-order valence-electron chi connectivity index (χ1n) is 28.8. The lowest BCUT2D eigenvalue weighted by Crippen LogP contribution is -2.41. The number of nitrogens with one attached hydrogen (secondary N) is 2. The van der Waals surface area contributed by atoms with Gasteiger partial charge in [-0.05, 0) is 112 Å². The van der Waals surface area contributed by atoms with Crippen molar-refractivity contribution >= 4 is 124 Å². The molecule has 0 bridgehead atoms. The molecule has 2 N–H and O–H groups in total.